The van der Waals surface area contributed by atoms with E-state index in [1.54, 1.807) is 11.3 Å². The maximum atomic E-state index is 14.1. The number of nitrogens with one attached hydrogen (secondary N) is 2. The van der Waals surface area contributed by atoms with Gasteiger partial charge < -0.3 is 10.6 Å². The first kappa shape index (κ1) is 15.4. The van der Waals surface area contributed by atoms with Crippen LogP contribution >= 0.6 is 11.3 Å². The van der Waals surface area contributed by atoms with Crippen molar-refractivity contribution in [2.45, 2.75) is 26.8 Å². The van der Waals surface area contributed by atoms with Crippen LogP contribution in [0.3, 0.4) is 0 Å². The lowest BCUT2D eigenvalue weighted by Crippen LogP contribution is -2.24. The third kappa shape index (κ3) is 3.58. The Bertz CT molecular complexity index is 627. The number of carbonyl (C=O) groups excluding carboxylic acids is 1. The predicted molar refractivity (Wildman–Crippen MR) is 83.2 cm³/mol. The Labute approximate surface area is 127 Å². The van der Waals surface area contributed by atoms with Gasteiger partial charge in [0.2, 0.25) is 0 Å². The fraction of sp³-hybridized carbons (Fsp3) is 0.333. The molecule has 2 aromatic heterocycles. The van der Waals surface area contributed by atoms with Crippen molar-refractivity contribution in [1.82, 2.24) is 10.3 Å². The van der Waals surface area contributed by atoms with Crippen LogP contribution in [-0.2, 0) is 13.0 Å². The van der Waals surface area contributed by atoms with Crippen LogP contribution in [0.2, 0.25) is 0 Å². The Morgan fingerprint density at radius 3 is 2.90 bits per heavy atom. The van der Waals surface area contributed by atoms with Crippen LogP contribution in [0.4, 0.5) is 10.2 Å². The summed E-state index contributed by atoms with van der Waals surface area (Å²) in [5, 5.41) is 7.55. The summed E-state index contributed by atoms with van der Waals surface area (Å²) in [7, 11) is 0. The van der Waals surface area contributed by atoms with Crippen LogP contribution in [0.1, 0.15) is 34.6 Å². The maximum absolute atomic E-state index is 14.1. The zero-order valence-corrected chi connectivity index (χ0v) is 12.9. The zero-order valence-electron chi connectivity index (χ0n) is 12.1. The van der Waals surface area contributed by atoms with Crippen LogP contribution in [-0.4, -0.2) is 17.4 Å². The highest BCUT2D eigenvalue weighted by atomic mass is 32.1. The number of pyridine rings is 1. The monoisotopic (exact) mass is 307 g/mol. The predicted octanol–water partition coefficient (Wildman–Crippen LogP) is 3.21. The minimum atomic E-state index is -0.612. The minimum Gasteiger partial charge on any atom is -0.368 e. The average Bonchev–Trinajstić information content (AvgIpc) is 2.94. The van der Waals surface area contributed by atoms with Gasteiger partial charge in [0.15, 0.2) is 11.6 Å². The molecular formula is C15H18FN3OS. The SMILES string of the molecule is CCNc1nccc(C(=O)NCc2sccc2CC)c1F. The Balaban J connectivity index is 2.08. The summed E-state index contributed by atoms with van der Waals surface area (Å²) < 4.78 is 14.1. The second-order valence-electron chi connectivity index (χ2n) is 4.46. The maximum Gasteiger partial charge on any atom is 0.254 e. The van der Waals surface area contributed by atoms with Crippen molar-refractivity contribution < 1.29 is 9.18 Å². The van der Waals surface area contributed by atoms with Gasteiger partial charge in [-0.25, -0.2) is 9.37 Å². The van der Waals surface area contributed by atoms with E-state index >= 15 is 0 Å². The van der Waals surface area contributed by atoms with Crippen molar-refractivity contribution >= 4 is 23.1 Å². The van der Waals surface area contributed by atoms with Gasteiger partial charge >= 0.3 is 0 Å². The lowest BCUT2D eigenvalue weighted by atomic mass is 10.2. The van der Waals surface area contributed by atoms with Gasteiger partial charge in [0, 0.05) is 17.6 Å². The lowest BCUT2D eigenvalue weighted by Gasteiger charge is -2.09. The van der Waals surface area contributed by atoms with Crippen LogP contribution in [0.15, 0.2) is 23.7 Å². The first-order valence-corrected chi connectivity index (χ1v) is 7.77. The molecule has 2 heterocycles. The van der Waals surface area contributed by atoms with Crippen LogP contribution in [0.25, 0.3) is 0 Å². The molecule has 0 aliphatic heterocycles. The summed E-state index contributed by atoms with van der Waals surface area (Å²) in [6.07, 6.45) is 2.35. The van der Waals surface area contributed by atoms with Gasteiger partial charge in [-0.3, -0.25) is 4.79 Å². The second-order valence-corrected chi connectivity index (χ2v) is 5.46. The van der Waals surface area contributed by atoms with Gasteiger partial charge in [-0.1, -0.05) is 6.92 Å². The number of aromatic nitrogens is 1. The highest BCUT2D eigenvalue weighted by Crippen LogP contribution is 2.18. The first-order valence-electron chi connectivity index (χ1n) is 6.89. The topological polar surface area (TPSA) is 54.0 Å². The quantitative estimate of drug-likeness (QED) is 0.861. The van der Waals surface area contributed by atoms with Gasteiger partial charge in [-0.2, -0.15) is 0 Å². The Morgan fingerprint density at radius 2 is 2.19 bits per heavy atom. The fourth-order valence-electron chi connectivity index (χ4n) is 2.00. The molecule has 2 rings (SSSR count). The molecule has 0 bridgehead atoms. The molecule has 0 fully saturated rings. The van der Waals surface area contributed by atoms with E-state index in [9.17, 15) is 9.18 Å². The summed E-state index contributed by atoms with van der Waals surface area (Å²) >= 11 is 1.59. The molecule has 0 radical (unpaired) electrons. The molecule has 0 aromatic carbocycles. The summed E-state index contributed by atoms with van der Waals surface area (Å²) in [6, 6.07) is 3.43. The molecule has 6 heteroatoms. The van der Waals surface area contributed by atoms with E-state index in [0.29, 0.717) is 13.1 Å². The number of hydrogen-bond acceptors (Lipinski definition) is 4. The lowest BCUT2D eigenvalue weighted by molar-refractivity contribution is 0.0947. The van der Waals surface area contributed by atoms with Gasteiger partial charge in [-0.05, 0) is 36.4 Å². The van der Waals surface area contributed by atoms with Crippen molar-refractivity contribution in [2.75, 3.05) is 11.9 Å². The Hall–Kier alpha value is -1.95. The summed E-state index contributed by atoms with van der Waals surface area (Å²) in [5.41, 5.74) is 1.22. The number of carbonyl (C=O) groups is 1. The van der Waals surface area contributed by atoms with E-state index in [4.69, 9.17) is 0 Å². The van der Waals surface area contributed by atoms with Crippen molar-refractivity contribution in [1.29, 1.82) is 0 Å². The largest absolute Gasteiger partial charge is 0.368 e. The summed E-state index contributed by atoms with van der Waals surface area (Å²) in [4.78, 5) is 17.1. The highest BCUT2D eigenvalue weighted by Gasteiger charge is 2.16. The van der Waals surface area contributed by atoms with Crippen molar-refractivity contribution in [3.05, 3.63) is 45.5 Å². The normalized spacial score (nSPS) is 10.4. The van der Waals surface area contributed by atoms with E-state index < -0.39 is 11.7 Å². The van der Waals surface area contributed by atoms with Gasteiger partial charge in [0.1, 0.15) is 0 Å². The third-order valence-electron chi connectivity index (χ3n) is 3.11. The number of rotatable bonds is 6. The molecule has 0 saturated carbocycles. The molecule has 0 aliphatic carbocycles. The standard InChI is InChI=1S/C15H18FN3OS/c1-3-10-6-8-21-12(10)9-19-15(20)11-5-7-18-14(13(11)16)17-4-2/h5-8H,3-4,9H2,1-2H3,(H,17,18)(H,19,20). The van der Waals surface area contributed by atoms with E-state index in [-0.39, 0.29) is 11.4 Å². The van der Waals surface area contributed by atoms with Crippen LogP contribution < -0.4 is 10.6 Å². The Kier molecular flexibility index (Phi) is 5.27. The number of thiophene rings is 1. The molecule has 1 amide bonds. The summed E-state index contributed by atoms with van der Waals surface area (Å²) in [5.74, 6) is -0.932. The molecule has 112 valence electrons. The zero-order chi connectivity index (χ0) is 15.2. The fourth-order valence-corrected chi connectivity index (χ4v) is 2.92. The van der Waals surface area contributed by atoms with Crippen molar-refractivity contribution in [3.8, 4) is 0 Å². The molecule has 2 aromatic rings. The van der Waals surface area contributed by atoms with Gasteiger partial charge in [0.05, 0.1) is 12.1 Å². The molecule has 0 unspecified atom stereocenters. The summed E-state index contributed by atoms with van der Waals surface area (Å²) in [6.45, 7) is 4.87. The molecule has 0 saturated heterocycles. The van der Waals surface area contributed by atoms with Crippen molar-refractivity contribution in [2.24, 2.45) is 0 Å². The smallest absolute Gasteiger partial charge is 0.254 e. The molecule has 2 N–H and O–H groups in total. The van der Waals surface area contributed by atoms with Crippen molar-refractivity contribution in [3.63, 3.8) is 0 Å². The van der Waals surface area contributed by atoms with E-state index in [2.05, 4.69) is 22.5 Å². The average molecular weight is 307 g/mol. The van der Waals surface area contributed by atoms with E-state index in [0.717, 1.165) is 11.3 Å². The number of anilines is 1. The van der Waals surface area contributed by atoms with Crippen LogP contribution in [0, 0.1) is 5.82 Å². The third-order valence-corrected chi connectivity index (χ3v) is 4.07. The molecular weight excluding hydrogens is 289 g/mol. The first-order chi connectivity index (χ1) is 10.2. The molecule has 0 spiro atoms. The number of nitrogens with zero attached hydrogens (tertiary/aromatic N) is 1. The molecule has 0 atom stereocenters. The Morgan fingerprint density at radius 1 is 1.38 bits per heavy atom. The molecule has 0 aliphatic rings. The number of amides is 1. The van der Waals surface area contributed by atoms with Crippen LogP contribution in [0.5, 0.6) is 0 Å². The van der Waals surface area contributed by atoms with E-state index in [1.807, 2.05) is 18.4 Å². The number of aryl methyl sites for hydroxylation is 1. The second kappa shape index (κ2) is 7.17. The van der Waals surface area contributed by atoms with Gasteiger partial charge in [-0.15, -0.1) is 11.3 Å². The number of halogens is 1. The van der Waals surface area contributed by atoms with E-state index in [1.165, 1.54) is 17.8 Å². The minimum absolute atomic E-state index is 0.00977. The number of hydrogen-bond donors (Lipinski definition) is 2. The van der Waals surface area contributed by atoms with Gasteiger partial charge in [0.25, 0.3) is 5.91 Å². The molecule has 21 heavy (non-hydrogen) atoms. The molecule has 4 nitrogen and oxygen atoms in total. The highest BCUT2D eigenvalue weighted by molar-refractivity contribution is 7.10.